The summed E-state index contributed by atoms with van der Waals surface area (Å²) in [5, 5.41) is 0.840. The molecule has 0 saturated carbocycles. The molecule has 1 aliphatic rings. The number of amides is 1. The zero-order chi connectivity index (χ0) is 17.2. The van der Waals surface area contributed by atoms with E-state index in [2.05, 4.69) is 9.71 Å². The fourth-order valence-electron chi connectivity index (χ4n) is 2.97. The molecule has 1 amide bonds. The first kappa shape index (κ1) is 16.9. The van der Waals surface area contributed by atoms with Gasteiger partial charge in [0.2, 0.25) is 10.0 Å². The van der Waals surface area contributed by atoms with Gasteiger partial charge in [0.05, 0.1) is 16.8 Å². The highest BCUT2D eigenvalue weighted by molar-refractivity contribution is 7.90. The summed E-state index contributed by atoms with van der Waals surface area (Å²) in [6, 6.07) is 7.45. The number of fused-ring (bicyclic) bond motifs is 1. The van der Waals surface area contributed by atoms with Crippen molar-refractivity contribution in [1.29, 1.82) is 0 Å². The van der Waals surface area contributed by atoms with Crippen molar-refractivity contribution in [2.24, 2.45) is 5.92 Å². The molecule has 128 valence electrons. The average Bonchev–Trinajstić information content (AvgIpc) is 2.55. The Morgan fingerprint density at radius 2 is 2.00 bits per heavy atom. The standard InChI is InChI=1S/C17H20N2O4S/c1-12-14-4-2-3-5-16(14)18-10-15(12)17(20)19-24(21,22)11-13-6-8-23-9-7-13/h2-5,10,13H,6-9,11H2,1H3,(H,19,20). The number of carbonyl (C=O) groups excluding carboxylic acids is 1. The Labute approximate surface area is 141 Å². The van der Waals surface area contributed by atoms with Gasteiger partial charge in [0, 0.05) is 24.8 Å². The number of benzene rings is 1. The van der Waals surface area contributed by atoms with Crippen LogP contribution in [0.5, 0.6) is 0 Å². The Kier molecular flexibility index (Phi) is 4.82. The van der Waals surface area contributed by atoms with E-state index in [1.165, 1.54) is 6.20 Å². The summed E-state index contributed by atoms with van der Waals surface area (Å²) >= 11 is 0. The molecule has 0 unspecified atom stereocenters. The molecule has 0 aliphatic carbocycles. The molecular formula is C17H20N2O4S. The summed E-state index contributed by atoms with van der Waals surface area (Å²) in [4.78, 5) is 16.6. The maximum Gasteiger partial charge on any atom is 0.266 e. The predicted molar refractivity (Wildman–Crippen MR) is 91.3 cm³/mol. The van der Waals surface area contributed by atoms with Gasteiger partial charge in [-0.05, 0) is 37.3 Å². The van der Waals surface area contributed by atoms with Crippen molar-refractivity contribution >= 4 is 26.8 Å². The highest BCUT2D eigenvalue weighted by Gasteiger charge is 2.24. The van der Waals surface area contributed by atoms with Crippen LogP contribution in [0.25, 0.3) is 10.9 Å². The number of hydrogen-bond acceptors (Lipinski definition) is 5. The third-order valence-corrected chi connectivity index (χ3v) is 5.74. The summed E-state index contributed by atoms with van der Waals surface area (Å²) in [6.45, 7) is 2.94. The monoisotopic (exact) mass is 348 g/mol. The molecule has 1 aromatic heterocycles. The Hall–Kier alpha value is -1.99. The summed E-state index contributed by atoms with van der Waals surface area (Å²) in [5.74, 6) is -0.653. The van der Waals surface area contributed by atoms with Gasteiger partial charge in [-0.25, -0.2) is 13.1 Å². The second-order valence-corrected chi connectivity index (χ2v) is 7.85. The van der Waals surface area contributed by atoms with Gasteiger partial charge >= 0.3 is 0 Å². The Morgan fingerprint density at radius 3 is 2.75 bits per heavy atom. The first-order chi connectivity index (χ1) is 11.5. The number of aryl methyl sites for hydroxylation is 1. The van der Waals surface area contributed by atoms with E-state index in [0.29, 0.717) is 26.1 Å². The number of carbonyl (C=O) groups is 1. The fraction of sp³-hybridized carbons (Fsp3) is 0.412. The molecule has 2 heterocycles. The van der Waals surface area contributed by atoms with Gasteiger partial charge in [-0.3, -0.25) is 9.78 Å². The number of nitrogens with zero attached hydrogens (tertiary/aromatic N) is 1. The topological polar surface area (TPSA) is 85.4 Å². The lowest BCUT2D eigenvalue weighted by Gasteiger charge is -2.21. The molecule has 0 bridgehead atoms. The van der Waals surface area contributed by atoms with Crippen LogP contribution in [0.4, 0.5) is 0 Å². The fourth-order valence-corrected chi connectivity index (χ4v) is 4.40. The van der Waals surface area contributed by atoms with Crippen LogP contribution in [0, 0.1) is 12.8 Å². The van der Waals surface area contributed by atoms with Gasteiger partial charge in [0.15, 0.2) is 0 Å². The molecule has 0 radical (unpaired) electrons. The number of para-hydroxylation sites is 1. The number of ether oxygens (including phenoxy) is 1. The number of rotatable bonds is 4. The molecule has 1 aromatic carbocycles. The van der Waals surface area contributed by atoms with E-state index in [1.807, 2.05) is 24.3 Å². The van der Waals surface area contributed by atoms with Crippen LogP contribution in [-0.2, 0) is 14.8 Å². The minimum Gasteiger partial charge on any atom is -0.381 e. The summed E-state index contributed by atoms with van der Waals surface area (Å²) < 4.78 is 31.9. The Morgan fingerprint density at radius 1 is 1.29 bits per heavy atom. The minimum absolute atomic E-state index is 0.0277. The van der Waals surface area contributed by atoms with E-state index < -0.39 is 15.9 Å². The molecular weight excluding hydrogens is 328 g/mol. The molecule has 2 aromatic rings. The van der Waals surface area contributed by atoms with Crippen LogP contribution in [0.2, 0.25) is 0 Å². The SMILES string of the molecule is Cc1c(C(=O)NS(=O)(=O)CC2CCOCC2)cnc2ccccc12. The third-order valence-electron chi connectivity index (χ3n) is 4.33. The van der Waals surface area contributed by atoms with Crippen LogP contribution in [-0.4, -0.2) is 38.3 Å². The van der Waals surface area contributed by atoms with Crippen molar-refractivity contribution in [3.63, 3.8) is 0 Å². The Bertz CT molecular complexity index is 858. The van der Waals surface area contributed by atoms with Crippen LogP contribution >= 0.6 is 0 Å². The van der Waals surface area contributed by atoms with Gasteiger partial charge < -0.3 is 4.74 Å². The number of hydrogen-bond donors (Lipinski definition) is 1. The normalized spacial score (nSPS) is 16.2. The van der Waals surface area contributed by atoms with Crippen LogP contribution in [0.1, 0.15) is 28.8 Å². The van der Waals surface area contributed by atoms with Gasteiger partial charge in [0.25, 0.3) is 5.91 Å². The van der Waals surface area contributed by atoms with E-state index in [-0.39, 0.29) is 17.2 Å². The zero-order valence-electron chi connectivity index (χ0n) is 13.5. The van der Waals surface area contributed by atoms with Crippen molar-refractivity contribution < 1.29 is 17.9 Å². The van der Waals surface area contributed by atoms with Gasteiger partial charge in [-0.1, -0.05) is 18.2 Å². The van der Waals surface area contributed by atoms with Crippen LogP contribution in [0.3, 0.4) is 0 Å². The lowest BCUT2D eigenvalue weighted by atomic mass is 10.0. The molecule has 1 fully saturated rings. The molecule has 6 nitrogen and oxygen atoms in total. The summed E-state index contributed by atoms with van der Waals surface area (Å²) in [7, 11) is -3.68. The van der Waals surface area contributed by atoms with E-state index >= 15 is 0 Å². The molecule has 7 heteroatoms. The molecule has 0 atom stereocenters. The summed E-state index contributed by atoms with van der Waals surface area (Å²) in [6.07, 6.45) is 2.83. The highest BCUT2D eigenvalue weighted by Crippen LogP contribution is 2.20. The smallest absolute Gasteiger partial charge is 0.266 e. The minimum atomic E-state index is -3.68. The van der Waals surface area contributed by atoms with Gasteiger partial charge in [-0.2, -0.15) is 0 Å². The number of sulfonamides is 1. The van der Waals surface area contributed by atoms with E-state index in [0.717, 1.165) is 16.5 Å². The lowest BCUT2D eigenvalue weighted by Crippen LogP contribution is -2.36. The second-order valence-electron chi connectivity index (χ2n) is 6.08. The van der Waals surface area contributed by atoms with Crippen molar-refractivity contribution in [2.45, 2.75) is 19.8 Å². The quantitative estimate of drug-likeness (QED) is 0.914. The first-order valence-corrected chi connectivity index (χ1v) is 9.58. The predicted octanol–water partition coefficient (Wildman–Crippen LogP) is 2.03. The van der Waals surface area contributed by atoms with E-state index in [4.69, 9.17) is 4.74 Å². The highest BCUT2D eigenvalue weighted by atomic mass is 32.2. The maximum absolute atomic E-state index is 12.4. The molecule has 1 N–H and O–H groups in total. The molecule has 3 rings (SSSR count). The van der Waals surface area contributed by atoms with Crippen molar-refractivity contribution in [2.75, 3.05) is 19.0 Å². The van der Waals surface area contributed by atoms with E-state index in [9.17, 15) is 13.2 Å². The molecule has 1 saturated heterocycles. The summed E-state index contributed by atoms with van der Waals surface area (Å²) in [5.41, 5.74) is 1.78. The van der Waals surface area contributed by atoms with Gasteiger partial charge in [0.1, 0.15) is 0 Å². The van der Waals surface area contributed by atoms with Gasteiger partial charge in [-0.15, -0.1) is 0 Å². The number of nitrogens with one attached hydrogen (secondary N) is 1. The first-order valence-electron chi connectivity index (χ1n) is 7.93. The Balaban J connectivity index is 1.78. The van der Waals surface area contributed by atoms with Crippen LogP contribution < -0.4 is 4.72 Å². The third kappa shape index (κ3) is 3.73. The lowest BCUT2D eigenvalue weighted by molar-refractivity contribution is 0.0722. The molecule has 0 spiro atoms. The molecule has 1 aliphatic heterocycles. The van der Waals surface area contributed by atoms with Crippen LogP contribution in [0.15, 0.2) is 30.5 Å². The van der Waals surface area contributed by atoms with Crippen molar-refractivity contribution in [3.05, 3.63) is 41.6 Å². The van der Waals surface area contributed by atoms with Crippen molar-refractivity contribution in [3.8, 4) is 0 Å². The zero-order valence-corrected chi connectivity index (χ0v) is 14.3. The molecule has 24 heavy (non-hydrogen) atoms. The van der Waals surface area contributed by atoms with E-state index in [1.54, 1.807) is 6.92 Å². The largest absolute Gasteiger partial charge is 0.381 e. The maximum atomic E-state index is 12.4. The van der Waals surface area contributed by atoms with Crippen molar-refractivity contribution in [1.82, 2.24) is 9.71 Å². The number of pyridine rings is 1. The average molecular weight is 348 g/mol. The number of aromatic nitrogens is 1. The second kappa shape index (κ2) is 6.86.